The largest absolute Gasteiger partial charge is 0.363 e. The Balaban J connectivity index is 2.28. The highest BCUT2D eigenvalue weighted by atomic mass is 79.9. The fourth-order valence-corrected chi connectivity index (χ4v) is 2.80. The van der Waals surface area contributed by atoms with Crippen molar-refractivity contribution in [2.75, 3.05) is 4.72 Å². The minimum absolute atomic E-state index is 0.150. The maximum atomic E-state index is 12.1. The van der Waals surface area contributed by atoms with E-state index in [0.29, 0.717) is 5.69 Å². The molecule has 0 aliphatic rings. The van der Waals surface area contributed by atoms with Crippen LogP contribution in [0.2, 0.25) is 0 Å². The fraction of sp³-hybridized carbons (Fsp3) is 0. The number of hydrogen-bond acceptors (Lipinski definition) is 5. The van der Waals surface area contributed by atoms with Crippen molar-refractivity contribution in [1.29, 1.82) is 0 Å². The molecule has 1 N–H and O–H groups in total. The molecule has 0 radical (unpaired) electrons. The molecule has 0 spiro atoms. The second-order valence-corrected chi connectivity index (χ2v) is 6.32. The van der Waals surface area contributed by atoms with E-state index in [1.54, 1.807) is 24.3 Å². The predicted molar refractivity (Wildman–Crippen MR) is 75.8 cm³/mol. The van der Waals surface area contributed by atoms with E-state index in [1.165, 1.54) is 0 Å². The van der Waals surface area contributed by atoms with Crippen LogP contribution in [-0.4, -0.2) is 18.3 Å². The smallest absolute Gasteiger partial charge is 0.358 e. The Morgan fingerprint density at radius 2 is 2.00 bits per heavy atom. The zero-order chi connectivity index (χ0) is 14.8. The molecule has 0 bridgehead atoms. The lowest BCUT2D eigenvalue weighted by Crippen LogP contribution is -2.13. The van der Waals surface area contributed by atoms with Crippen LogP contribution < -0.4 is 4.72 Å². The van der Waals surface area contributed by atoms with Crippen molar-refractivity contribution in [1.82, 2.24) is 4.98 Å². The van der Waals surface area contributed by atoms with E-state index in [4.69, 9.17) is 0 Å². The third-order valence-electron chi connectivity index (χ3n) is 2.29. The third kappa shape index (κ3) is 3.31. The van der Waals surface area contributed by atoms with E-state index in [1.807, 2.05) is 0 Å². The molecule has 0 amide bonds. The first-order valence-corrected chi connectivity index (χ1v) is 7.55. The van der Waals surface area contributed by atoms with Gasteiger partial charge in [-0.15, -0.1) is 0 Å². The number of pyridine rings is 1. The number of benzene rings is 1. The first kappa shape index (κ1) is 14.4. The molecular weight excluding hydrogens is 350 g/mol. The molecule has 20 heavy (non-hydrogen) atoms. The van der Waals surface area contributed by atoms with E-state index >= 15 is 0 Å². The van der Waals surface area contributed by atoms with Gasteiger partial charge in [0.1, 0.15) is 4.90 Å². The summed E-state index contributed by atoms with van der Waals surface area (Å²) in [5, 5.41) is 10.5. The number of hydrogen-bond donors (Lipinski definition) is 1. The van der Waals surface area contributed by atoms with Gasteiger partial charge in [-0.3, -0.25) is 4.72 Å². The number of sulfonamides is 1. The van der Waals surface area contributed by atoms with E-state index in [9.17, 15) is 18.5 Å². The maximum absolute atomic E-state index is 12.1. The van der Waals surface area contributed by atoms with Crippen molar-refractivity contribution in [3.8, 4) is 0 Å². The standard InChI is InChI=1S/C11H8BrN3O4S/c12-8-2-1-3-9(6-8)14-20(18,19)10-4-5-11(13-7-10)15(16)17/h1-7,14H. The minimum atomic E-state index is -3.83. The number of nitrogens with one attached hydrogen (secondary N) is 1. The van der Waals surface area contributed by atoms with Crippen LogP contribution in [0.1, 0.15) is 0 Å². The Labute approximate surface area is 123 Å². The monoisotopic (exact) mass is 357 g/mol. The van der Waals surface area contributed by atoms with Crippen LogP contribution in [-0.2, 0) is 10.0 Å². The first-order chi connectivity index (χ1) is 9.38. The van der Waals surface area contributed by atoms with Crippen molar-refractivity contribution in [2.24, 2.45) is 0 Å². The van der Waals surface area contributed by atoms with Gasteiger partial charge >= 0.3 is 5.82 Å². The second kappa shape index (κ2) is 5.55. The van der Waals surface area contributed by atoms with Gasteiger partial charge in [0.05, 0.1) is 0 Å². The molecule has 0 saturated heterocycles. The molecule has 0 saturated carbocycles. The lowest BCUT2D eigenvalue weighted by atomic mass is 10.3. The summed E-state index contributed by atoms with van der Waals surface area (Å²) < 4.78 is 27.2. The normalized spacial score (nSPS) is 11.1. The van der Waals surface area contributed by atoms with Crippen LogP contribution in [0.25, 0.3) is 0 Å². The lowest BCUT2D eigenvalue weighted by molar-refractivity contribution is -0.389. The quantitative estimate of drug-likeness (QED) is 0.668. The molecule has 2 aromatic rings. The average molecular weight is 358 g/mol. The minimum Gasteiger partial charge on any atom is -0.358 e. The number of anilines is 1. The molecular formula is C11H8BrN3O4S. The van der Waals surface area contributed by atoms with Gasteiger partial charge < -0.3 is 10.1 Å². The lowest BCUT2D eigenvalue weighted by Gasteiger charge is -2.07. The summed E-state index contributed by atoms with van der Waals surface area (Å²) in [5.41, 5.74) is 0.373. The molecule has 2 rings (SSSR count). The Morgan fingerprint density at radius 1 is 1.25 bits per heavy atom. The number of rotatable bonds is 4. The third-order valence-corrected chi connectivity index (χ3v) is 4.15. The molecule has 0 atom stereocenters. The summed E-state index contributed by atoms with van der Waals surface area (Å²) in [6.45, 7) is 0. The molecule has 1 aromatic heterocycles. The van der Waals surface area contributed by atoms with Gasteiger partial charge in [0.2, 0.25) is 0 Å². The zero-order valence-electron chi connectivity index (χ0n) is 9.86. The molecule has 0 unspecified atom stereocenters. The van der Waals surface area contributed by atoms with Crippen LogP contribution in [0.3, 0.4) is 0 Å². The topological polar surface area (TPSA) is 102 Å². The number of nitro groups is 1. The van der Waals surface area contributed by atoms with Crippen molar-refractivity contribution >= 4 is 37.5 Å². The Hall–Kier alpha value is -2.00. The van der Waals surface area contributed by atoms with E-state index < -0.39 is 20.8 Å². The summed E-state index contributed by atoms with van der Waals surface area (Å²) in [4.78, 5) is 13.1. The zero-order valence-corrected chi connectivity index (χ0v) is 12.3. The van der Waals surface area contributed by atoms with Gasteiger partial charge in [-0.2, -0.15) is 0 Å². The molecule has 1 aromatic carbocycles. The van der Waals surface area contributed by atoms with Gasteiger partial charge in [-0.05, 0) is 34.2 Å². The van der Waals surface area contributed by atoms with Crippen LogP contribution >= 0.6 is 15.9 Å². The number of aromatic nitrogens is 1. The maximum Gasteiger partial charge on any atom is 0.363 e. The highest BCUT2D eigenvalue weighted by Crippen LogP contribution is 2.20. The average Bonchev–Trinajstić information content (AvgIpc) is 2.38. The predicted octanol–water partition coefficient (Wildman–Crippen LogP) is 2.55. The van der Waals surface area contributed by atoms with Gasteiger partial charge in [0.15, 0.2) is 6.20 Å². The summed E-state index contributed by atoms with van der Waals surface area (Å²) in [6.07, 6.45) is 0.943. The van der Waals surface area contributed by atoms with Gasteiger partial charge in [-0.1, -0.05) is 22.0 Å². The Morgan fingerprint density at radius 3 is 2.55 bits per heavy atom. The molecule has 1 heterocycles. The summed E-state index contributed by atoms with van der Waals surface area (Å²) >= 11 is 3.23. The summed E-state index contributed by atoms with van der Waals surface area (Å²) in [6, 6.07) is 8.78. The van der Waals surface area contributed by atoms with Crippen LogP contribution in [0.5, 0.6) is 0 Å². The molecule has 0 fully saturated rings. The van der Waals surface area contributed by atoms with E-state index in [-0.39, 0.29) is 4.90 Å². The second-order valence-electron chi connectivity index (χ2n) is 3.73. The van der Waals surface area contributed by atoms with Crippen LogP contribution in [0.15, 0.2) is 52.0 Å². The SMILES string of the molecule is O=[N+]([O-])c1ccc(S(=O)(=O)Nc2cccc(Br)c2)cn1. The Kier molecular flexibility index (Phi) is 4.00. The summed E-state index contributed by atoms with van der Waals surface area (Å²) in [5.74, 6) is -0.411. The molecule has 9 heteroatoms. The molecule has 0 aliphatic carbocycles. The van der Waals surface area contributed by atoms with E-state index in [2.05, 4.69) is 25.6 Å². The van der Waals surface area contributed by atoms with Crippen LogP contribution in [0, 0.1) is 10.1 Å². The highest BCUT2D eigenvalue weighted by Gasteiger charge is 2.18. The van der Waals surface area contributed by atoms with Crippen molar-refractivity contribution in [3.63, 3.8) is 0 Å². The fourth-order valence-electron chi connectivity index (χ4n) is 1.41. The van der Waals surface area contributed by atoms with Gasteiger partial charge in [-0.25, -0.2) is 8.42 Å². The molecule has 104 valence electrons. The Bertz CT molecular complexity index is 747. The number of nitrogens with zero attached hydrogens (tertiary/aromatic N) is 2. The van der Waals surface area contributed by atoms with Crippen LogP contribution in [0.4, 0.5) is 11.5 Å². The van der Waals surface area contributed by atoms with Crippen molar-refractivity contribution < 1.29 is 13.3 Å². The van der Waals surface area contributed by atoms with Crippen molar-refractivity contribution in [3.05, 3.63) is 57.2 Å². The van der Waals surface area contributed by atoms with Crippen molar-refractivity contribution in [2.45, 2.75) is 4.90 Å². The molecule has 0 aliphatic heterocycles. The first-order valence-electron chi connectivity index (χ1n) is 5.27. The number of halogens is 1. The van der Waals surface area contributed by atoms with Gasteiger partial charge in [0.25, 0.3) is 10.0 Å². The van der Waals surface area contributed by atoms with Gasteiger partial charge in [0, 0.05) is 16.2 Å². The highest BCUT2D eigenvalue weighted by molar-refractivity contribution is 9.10. The molecule has 7 nitrogen and oxygen atoms in total. The van der Waals surface area contributed by atoms with E-state index in [0.717, 1.165) is 22.8 Å². The summed E-state index contributed by atoms with van der Waals surface area (Å²) in [7, 11) is -3.83.